The van der Waals surface area contributed by atoms with Crippen LogP contribution in [0.4, 0.5) is 0 Å². The lowest BCUT2D eigenvalue weighted by Gasteiger charge is -2.09. The molecule has 1 nitrogen and oxygen atoms in total. The van der Waals surface area contributed by atoms with Gasteiger partial charge in [-0.15, -0.1) is 6.58 Å². The van der Waals surface area contributed by atoms with E-state index in [1.54, 1.807) is 6.92 Å². The van der Waals surface area contributed by atoms with Gasteiger partial charge in [0, 0.05) is 12.3 Å². The van der Waals surface area contributed by atoms with E-state index in [1.165, 1.54) is 0 Å². The summed E-state index contributed by atoms with van der Waals surface area (Å²) in [7, 11) is 0. The number of carbonyl (C=O) groups excluding carboxylic acids is 1. The number of allylic oxidation sites excluding steroid dienone is 1. The Labute approximate surface area is 79.1 Å². The molecule has 0 aliphatic rings. The van der Waals surface area contributed by atoms with Crippen molar-refractivity contribution in [3.63, 3.8) is 0 Å². The summed E-state index contributed by atoms with van der Waals surface area (Å²) in [5.74, 6) is 0.368. The number of benzene rings is 1. The predicted octanol–water partition coefficient (Wildman–Crippen LogP) is 2.94. The number of rotatable bonds is 4. The molecule has 0 saturated heterocycles. The highest BCUT2D eigenvalue weighted by Gasteiger charge is 2.08. The molecule has 0 aromatic heterocycles. The lowest BCUT2D eigenvalue weighted by molar-refractivity contribution is -0.117. The normalized spacial score (nSPS) is 12.1. The van der Waals surface area contributed by atoms with Gasteiger partial charge in [0.2, 0.25) is 0 Å². The Balaban J connectivity index is 2.78. The van der Waals surface area contributed by atoms with Crippen molar-refractivity contribution in [2.45, 2.75) is 19.3 Å². The van der Waals surface area contributed by atoms with E-state index in [0.29, 0.717) is 6.42 Å². The predicted molar refractivity (Wildman–Crippen MR) is 54.7 cm³/mol. The van der Waals surface area contributed by atoms with E-state index in [4.69, 9.17) is 0 Å². The van der Waals surface area contributed by atoms with Gasteiger partial charge >= 0.3 is 0 Å². The van der Waals surface area contributed by atoms with E-state index >= 15 is 0 Å². The minimum atomic E-state index is 0.165. The largest absolute Gasteiger partial charge is 0.300 e. The van der Waals surface area contributed by atoms with Crippen molar-refractivity contribution in [2.24, 2.45) is 0 Å². The molecular weight excluding hydrogens is 160 g/mol. The molecule has 0 bridgehead atoms. The highest BCUT2D eigenvalue weighted by Crippen LogP contribution is 2.20. The smallest absolute Gasteiger partial charge is 0.130 e. The third kappa shape index (κ3) is 2.86. The van der Waals surface area contributed by atoms with Crippen LogP contribution in [0.25, 0.3) is 0 Å². The Morgan fingerprint density at radius 2 is 2.08 bits per heavy atom. The van der Waals surface area contributed by atoms with Crippen LogP contribution in [-0.2, 0) is 4.79 Å². The summed E-state index contributed by atoms with van der Waals surface area (Å²) < 4.78 is 0. The SMILES string of the molecule is C=C[C@@H](CC(C)=O)c1ccccc1. The zero-order chi connectivity index (χ0) is 9.68. The Kier molecular flexibility index (Phi) is 3.44. The molecule has 0 saturated carbocycles. The third-order valence-electron chi connectivity index (χ3n) is 2.02. The monoisotopic (exact) mass is 174 g/mol. The average molecular weight is 174 g/mol. The second-order valence-corrected chi connectivity index (χ2v) is 3.16. The van der Waals surface area contributed by atoms with Gasteiger partial charge in [-0.2, -0.15) is 0 Å². The summed E-state index contributed by atoms with van der Waals surface area (Å²) in [5, 5.41) is 0. The topological polar surface area (TPSA) is 17.1 Å². The summed E-state index contributed by atoms with van der Waals surface area (Å²) in [6, 6.07) is 9.97. The van der Waals surface area contributed by atoms with Gasteiger partial charge in [0.15, 0.2) is 0 Å². The molecule has 1 aromatic rings. The Morgan fingerprint density at radius 1 is 1.46 bits per heavy atom. The molecule has 0 spiro atoms. The van der Waals surface area contributed by atoms with Crippen LogP contribution >= 0.6 is 0 Å². The summed E-state index contributed by atoms with van der Waals surface area (Å²) in [5.41, 5.74) is 1.16. The van der Waals surface area contributed by atoms with Crippen LogP contribution in [0.1, 0.15) is 24.8 Å². The second-order valence-electron chi connectivity index (χ2n) is 3.16. The molecule has 0 heterocycles. The van der Waals surface area contributed by atoms with Crippen molar-refractivity contribution < 1.29 is 4.79 Å². The van der Waals surface area contributed by atoms with Gasteiger partial charge in [-0.25, -0.2) is 0 Å². The number of hydrogen-bond donors (Lipinski definition) is 0. The van der Waals surface area contributed by atoms with Gasteiger partial charge in [0.05, 0.1) is 0 Å². The Hall–Kier alpha value is -1.37. The lowest BCUT2D eigenvalue weighted by atomic mass is 9.94. The molecule has 1 atom stereocenters. The minimum Gasteiger partial charge on any atom is -0.300 e. The fourth-order valence-corrected chi connectivity index (χ4v) is 1.35. The molecule has 0 unspecified atom stereocenters. The molecule has 0 aliphatic carbocycles. The highest BCUT2D eigenvalue weighted by atomic mass is 16.1. The van der Waals surface area contributed by atoms with Crippen molar-refractivity contribution in [1.29, 1.82) is 0 Å². The van der Waals surface area contributed by atoms with Gasteiger partial charge in [0.25, 0.3) is 0 Å². The number of hydrogen-bond acceptors (Lipinski definition) is 1. The fraction of sp³-hybridized carbons (Fsp3) is 0.250. The van der Waals surface area contributed by atoms with Crippen molar-refractivity contribution in [3.05, 3.63) is 48.6 Å². The standard InChI is InChI=1S/C12H14O/c1-3-11(9-10(2)13)12-7-5-4-6-8-12/h3-8,11H,1,9H2,2H3/t11-/m0/s1. The van der Waals surface area contributed by atoms with E-state index in [1.807, 2.05) is 36.4 Å². The van der Waals surface area contributed by atoms with Crippen LogP contribution in [0.5, 0.6) is 0 Å². The zero-order valence-corrected chi connectivity index (χ0v) is 7.86. The first kappa shape index (κ1) is 9.72. The molecule has 13 heavy (non-hydrogen) atoms. The molecule has 0 aliphatic heterocycles. The molecule has 1 heteroatoms. The molecule has 0 fully saturated rings. The van der Waals surface area contributed by atoms with Gasteiger partial charge < -0.3 is 0 Å². The van der Waals surface area contributed by atoms with Crippen molar-refractivity contribution >= 4 is 5.78 Å². The molecule has 68 valence electrons. The average Bonchev–Trinajstić information content (AvgIpc) is 2.15. The van der Waals surface area contributed by atoms with Gasteiger partial charge in [-0.3, -0.25) is 4.79 Å². The summed E-state index contributed by atoms with van der Waals surface area (Å²) in [6.45, 7) is 5.35. The Bertz CT molecular complexity index is 287. The van der Waals surface area contributed by atoms with Crippen molar-refractivity contribution in [3.8, 4) is 0 Å². The fourth-order valence-electron chi connectivity index (χ4n) is 1.35. The first-order valence-electron chi connectivity index (χ1n) is 4.41. The first-order chi connectivity index (χ1) is 6.24. The van der Waals surface area contributed by atoms with E-state index < -0.39 is 0 Å². The summed E-state index contributed by atoms with van der Waals surface area (Å²) in [6.07, 6.45) is 2.38. The van der Waals surface area contributed by atoms with Gasteiger partial charge in [-0.05, 0) is 12.5 Å². The van der Waals surface area contributed by atoms with Crippen LogP contribution in [0, 0.1) is 0 Å². The van der Waals surface area contributed by atoms with Crippen LogP contribution in [0.3, 0.4) is 0 Å². The van der Waals surface area contributed by atoms with Crippen LogP contribution in [0.2, 0.25) is 0 Å². The van der Waals surface area contributed by atoms with E-state index in [9.17, 15) is 4.79 Å². The van der Waals surface area contributed by atoms with Gasteiger partial charge in [0.1, 0.15) is 5.78 Å². The zero-order valence-electron chi connectivity index (χ0n) is 7.86. The molecule has 1 rings (SSSR count). The minimum absolute atomic E-state index is 0.165. The van der Waals surface area contributed by atoms with Crippen molar-refractivity contribution in [1.82, 2.24) is 0 Å². The van der Waals surface area contributed by atoms with Crippen LogP contribution in [-0.4, -0.2) is 5.78 Å². The number of carbonyl (C=O) groups is 1. The third-order valence-corrected chi connectivity index (χ3v) is 2.02. The number of Topliss-reactive ketones (excluding diaryl/α,β-unsaturated/α-hetero) is 1. The maximum absolute atomic E-state index is 10.9. The van der Waals surface area contributed by atoms with E-state index in [2.05, 4.69) is 6.58 Å². The maximum Gasteiger partial charge on any atom is 0.130 e. The maximum atomic E-state index is 10.9. The number of ketones is 1. The highest BCUT2D eigenvalue weighted by molar-refractivity contribution is 5.76. The first-order valence-corrected chi connectivity index (χ1v) is 4.41. The quantitative estimate of drug-likeness (QED) is 0.641. The molecule has 1 aromatic carbocycles. The molecular formula is C12H14O. The van der Waals surface area contributed by atoms with Crippen LogP contribution in [0.15, 0.2) is 43.0 Å². The molecule has 0 radical (unpaired) electrons. The lowest BCUT2D eigenvalue weighted by Crippen LogP contribution is -2.00. The molecule has 0 amide bonds. The summed E-state index contributed by atoms with van der Waals surface area (Å²) in [4.78, 5) is 10.9. The van der Waals surface area contributed by atoms with E-state index in [0.717, 1.165) is 5.56 Å². The second kappa shape index (κ2) is 4.61. The van der Waals surface area contributed by atoms with Crippen LogP contribution < -0.4 is 0 Å². The van der Waals surface area contributed by atoms with E-state index in [-0.39, 0.29) is 11.7 Å². The summed E-state index contributed by atoms with van der Waals surface area (Å²) >= 11 is 0. The van der Waals surface area contributed by atoms with Gasteiger partial charge in [-0.1, -0.05) is 36.4 Å². The van der Waals surface area contributed by atoms with Crippen molar-refractivity contribution in [2.75, 3.05) is 0 Å². The Morgan fingerprint density at radius 3 is 2.54 bits per heavy atom. The molecule has 0 N–H and O–H groups in total.